The van der Waals surface area contributed by atoms with Gasteiger partial charge in [0.15, 0.2) is 0 Å². The summed E-state index contributed by atoms with van der Waals surface area (Å²) in [5.41, 5.74) is 2.02. The molecule has 0 radical (unpaired) electrons. The second-order valence-electron chi connectivity index (χ2n) is 5.65. The fourth-order valence-corrected chi connectivity index (χ4v) is 3.17. The number of rotatable bonds is 2. The van der Waals surface area contributed by atoms with E-state index in [2.05, 4.69) is 0 Å². The Kier molecular flexibility index (Phi) is 3.47. The third-order valence-electron chi connectivity index (χ3n) is 4.33. The minimum absolute atomic E-state index is 0.0311. The minimum atomic E-state index is -0.465. The monoisotopic (exact) mass is 272 g/mol. The Labute approximate surface area is 119 Å². The van der Waals surface area contributed by atoms with E-state index < -0.39 is 5.92 Å². The molecule has 4 nitrogen and oxygen atoms in total. The Morgan fingerprint density at radius 1 is 1.15 bits per heavy atom. The molecule has 1 aromatic rings. The van der Waals surface area contributed by atoms with Gasteiger partial charge in [0.05, 0.1) is 0 Å². The van der Waals surface area contributed by atoms with Crippen LogP contribution in [0.3, 0.4) is 0 Å². The van der Waals surface area contributed by atoms with Crippen LogP contribution >= 0.6 is 0 Å². The van der Waals surface area contributed by atoms with Crippen LogP contribution in [0, 0.1) is 12.8 Å². The minimum Gasteiger partial charge on any atom is -0.342 e. The van der Waals surface area contributed by atoms with Crippen molar-refractivity contribution in [3.8, 4) is 0 Å². The van der Waals surface area contributed by atoms with Gasteiger partial charge in [-0.05, 0) is 37.8 Å². The number of para-hydroxylation sites is 1. The van der Waals surface area contributed by atoms with E-state index in [1.54, 1.807) is 4.90 Å². The summed E-state index contributed by atoms with van der Waals surface area (Å²) in [5.74, 6) is -0.465. The van der Waals surface area contributed by atoms with Gasteiger partial charge >= 0.3 is 0 Å². The molecular weight excluding hydrogens is 252 g/mol. The zero-order chi connectivity index (χ0) is 14.1. The molecule has 106 valence electrons. The second-order valence-corrected chi connectivity index (χ2v) is 5.65. The van der Waals surface area contributed by atoms with E-state index in [9.17, 15) is 9.59 Å². The first kappa shape index (κ1) is 13.2. The van der Waals surface area contributed by atoms with Crippen molar-refractivity contribution < 1.29 is 9.59 Å². The Hall–Kier alpha value is -1.84. The molecule has 1 unspecified atom stereocenters. The summed E-state index contributed by atoms with van der Waals surface area (Å²) in [6.45, 7) is 4.27. The second kappa shape index (κ2) is 5.27. The SMILES string of the molecule is Cc1ccccc1N1CCC(C(=O)N2CCCC2)C1=O. The molecule has 2 fully saturated rings. The van der Waals surface area contributed by atoms with Gasteiger partial charge in [0.25, 0.3) is 0 Å². The summed E-state index contributed by atoms with van der Waals surface area (Å²) >= 11 is 0. The van der Waals surface area contributed by atoms with E-state index >= 15 is 0 Å². The van der Waals surface area contributed by atoms with Crippen molar-refractivity contribution in [1.82, 2.24) is 4.90 Å². The predicted octanol–water partition coefficient (Wildman–Crippen LogP) is 1.97. The highest BCUT2D eigenvalue weighted by atomic mass is 16.2. The van der Waals surface area contributed by atoms with Gasteiger partial charge < -0.3 is 9.80 Å². The van der Waals surface area contributed by atoms with Crippen molar-refractivity contribution >= 4 is 17.5 Å². The molecule has 0 spiro atoms. The molecule has 0 aromatic heterocycles. The van der Waals surface area contributed by atoms with Crippen molar-refractivity contribution in [2.24, 2.45) is 5.92 Å². The van der Waals surface area contributed by atoms with Crippen LogP contribution in [0.15, 0.2) is 24.3 Å². The lowest BCUT2D eigenvalue weighted by Gasteiger charge is -2.21. The highest BCUT2D eigenvalue weighted by molar-refractivity contribution is 6.09. The summed E-state index contributed by atoms with van der Waals surface area (Å²) in [6.07, 6.45) is 2.77. The number of likely N-dealkylation sites (tertiary alicyclic amines) is 1. The lowest BCUT2D eigenvalue weighted by atomic mass is 10.1. The Morgan fingerprint density at radius 2 is 1.85 bits per heavy atom. The molecule has 2 saturated heterocycles. The van der Waals surface area contributed by atoms with Crippen LogP contribution in [-0.2, 0) is 9.59 Å². The van der Waals surface area contributed by atoms with Gasteiger partial charge in [0.1, 0.15) is 5.92 Å². The predicted molar refractivity (Wildman–Crippen MR) is 77.5 cm³/mol. The molecule has 1 atom stereocenters. The standard InChI is InChI=1S/C16H20N2O2/c1-12-6-2-3-7-14(12)18-11-8-13(16(18)20)15(19)17-9-4-5-10-17/h2-3,6-7,13H,4-5,8-11H2,1H3. The zero-order valence-electron chi connectivity index (χ0n) is 11.8. The highest BCUT2D eigenvalue weighted by Crippen LogP contribution is 2.29. The van der Waals surface area contributed by atoms with Gasteiger partial charge in [-0.2, -0.15) is 0 Å². The van der Waals surface area contributed by atoms with E-state index in [1.165, 1.54) is 0 Å². The van der Waals surface area contributed by atoms with Gasteiger partial charge in [0, 0.05) is 25.3 Å². The molecule has 3 rings (SSSR count). The molecule has 2 amide bonds. The van der Waals surface area contributed by atoms with Crippen LogP contribution in [0.2, 0.25) is 0 Å². The Bertz CT molecular complexity index is 535. The lowest BCUT2D eigenvalue weighted by Crippen LogP contribution is -2.38. The molecule has 2 aliphatic rings. The summed E-state index contributed by atoms with van der Waals surface area (Å²) in [6, 6.07) is 7.85. The van der Waals surface area contributed by atoms with Crippen molar-refractivity contribution in [2.75, 3.05) is 24.5 Å². The lowest BCUT2D eigenvalue weighted by molar-refractivity contribution is -0.139. The van der Waals surface area contributed by atoms with Crippen LogP contribution in [-0.4, -0.2) is 36.3 Å². The quantitative estimate of drug-likeness (QED) is 0.772. The first-order chi connectivity index (χ1) is 9.68. The number of anilines is 1. The van der Waals surface area contributed by atoms with Gasteiger partial charge in [0.2, 0.25) is 11.8 Å². The van der Waals surface area contributed by atoms with E-state index in [0.717, 1.165) is 37.2 Å². The highest BCUT2D eigenvalue weighted by Gasteiger charge is 2.40. The third kappa shape index (κ3) is 2.19. The van der Waals surface area contributed by atoms with E-state index in [1.807, 2.05) is 36.1 Å². The van der Waals surface area contributed by atoms with Crippen molar-refractivity contribution in [3.05, 3.63) is 29.8 Å². The topological polar surface area (TPSA) is 40.6 Å². The number of benzene rings is 1. The van der Waals surface area contributed by atoms with Crippen LogP contribution in [0.25, 0.3) is 0 Å². The van der Waals surface area contributed by atoms with E-state index in [0.29, 0.717) is 13.0 Å². The van der Waals surface area contributed by atoms with E-state index in [4.69, 9.17) is 0 Å². The molecule has 2 aliphatic heterocycles. The van der Waals surface area contributed by atoms with Crippen LogP contribution in [0.5, 0.6) is 0 Å². The first-order valence-electron chi connectivity index (χ1n) is 7.34. The third-order valence-corrected chi connectivity index (χ3v) is 4.33. The number of aryl methyl sites for hydroxylation is 1. The maximum Gasteiger partial charge on any atom is 0.239 e. The number of carbonyl (C=O) groups is 2. The number of carbonyl (C=O) groups excluding carboxylic acids is 2. The van der Waals surface area contributed by atoms with Crippen molar-refractivity contribution in [3.63, 3.8) is 0 Å². The van der Waals surface area contributed by atoms with Crippen molar-refractivity contribution in [2.45, 2.75) is 26.2 Å². The number of nitrogens with zero attached hydrogens (tertiary/aromatic N) is 2. The molecule has 4 heteroatoms. The maximum atomic E-state index is 12.5. The number of amides is 2. The summed E-state index contributed by atoms with van der Waals surface area (Å²) in [5, 5.41) is 0. The van der Waals surface area contributed by atoms with Crippen LogP contribution in [0.4, 0.5) is 5.69 Å². The fraction of sp³-hybridized carbons (Fsp3) is 0.500. The van der Waals surface area contributed by atoms with Gasteiger partial charge in [-0.3, -0.25) is 9.59 Å². The molecule has 0 aliphatic carbocycles. The molecule has 0 N–H and O–H groups in total. The van der Waals surface area contributed by atoms with Gasteiger partial charge in [-0.15, -0.1) is 0 Å². The molecule has 1 aromatic carbocycles. The molecule has 0 bridgehead atoms. The Balaban J connectivity index is 1.77. The fourth-order valence-electron chi connectivity index (χ4n) is 3.17. The summed E-state index contributed by atoms with van der Waals surface area (Å²) < 4.78 is 0. The smallest absolute Gasteiger partial charge is 0.239 e. The summed E-state index contributed by atoms with van der Waals surface area (Å²) in [7, 11) is 0. The normalized spacial score (nSPS) is 22.6. The van der Waals surface area contributed by atoms with Crippen LogP contribution in [0.1, 0.15) is 24.8 Å². The molecule has 2 heterocycles. The van der Waals surface area contributed by atoms with E-state index in [-0.39, 0.29) is 11.8 Å². The Morgan fingerprint density at radius 3 is 2.55 bits per heavy atom. The molecule has 20 heavy (non-hydrogen) atoms. The molecule has 0 saturated carbocycles. The maximum absolute atomic E-state index is 12.5. The van der Waals surface area contributed by atoms with Crippen molar-refractivity contribution in [1.29, 1.82) is 0 Å². The van der Waals surface area contributed by atoms with Gasteiger partial charge in [-0.25, -0.2) is 0 Å². The summed E-state index contributed by atoms with van der Waals surface area (Å²) in [4.78, 5) is 28.6. The number of hydrogen-bond donors (Lipinski definition) is 0. The largest absolute Gasteiger partial charge is 0.342 e. The number of hydrogen-bond acceptors (Lipinski definition) is 2. The molecular formula is C16H20N2O2. The average Bonchev–Trinajstić information content (AvgIpc) is 3.09. The van der Waals surface area contributed by atoms with Crippen LogP contribution < -0.4 is 4.90 Å². The zero-order valence-corrected chi connectivity index (χ0v) is 11.8. The first-order valence-corrected chi connectivity index (χ1v) is 7.34. The average molecular weight is 272 g/mol. The van der Waals surface area contributed by atoms with Gasteiger partial charge in [-0.1, -0.05) is 18.2 Å².